The van der Waals surface area contributed by atoms with Crippen molar-refractivity contribution in [1.82, 2.24) is 9.62 Å². The number of halogens is 2. The van der Waals surface area contributed by atoms with E-state index in [2.05, 4.69) is 9.62 Å². The fourth-order valence-electron chi connectivity index (χ4n) is 3.22. The highest BCUT2D eigenvalue weighted by atomic mass is 32.2. The molecule has 2 aromatic rings. The smallest absolute Gasteiger partial charge is 0.240 e. The summed E-state index contributed by atoms with van der Waals surface area (Å²) in [5.74, 6) is -0.939. The third-order valence-corrected chi connectivity index (χ3v) is 6.27. The quantitative estimate of drug-likeness (QED) is 0.775. The van der Waals surface area contributed by atoms with Gasteiger partial charge < -0.3 is 9.80 Å². The first kappa shape index (κ1) is 21.2. The second kappa shape index (κ2) is 9.32. The second-order valence-corrected chi connectivity index (χ2v) is 8.57. The van der Waals surface area contributed by atoms with Gasteiger partial charge in [0.15, 0.2) is 0 Å². The van der Waals surface area contributed by atoms with Gasteiger partial charge >= 0.3 is 0 Å². The lowest BCUT2D eigenvalue weighted by Gasteiger charge is -2.23. The zero-order valence-corrected chi connectivity index (χ0v) is 16.7. The molecule has 0 saturated carbocycles. The van der Waals surface area contributed by atoms with Gasteiger partial charge in [-0.25, -0.2) is 21.9 Å². The molecule has 1 aliphatic heterocycles. The van der Waals surface area contributed by atoms with Crippen LogP contribution in [0.2, 0.25) is 0 Å². The van der Waals surface area contributed by atoms with Crippen LogP contribution in [0.25, 0.3) is 0 Å². The fraction of sp³-hybridized carbons (Fsp3) is 0.350. The Balaban J connectivity index is 1.49. The van der Waals surface area contributed by atoms with Crippen molar-refractivity contribution in [3.8, 4) is 0 Å². The molecule has 1 N–H and O–H groups in total. The number of rotatable bonds is 6. The van der Waals surface area contributed by atoms with E-state index in [1.165, 1.54) is 24.3 Å². The molecule has 0 bridgehead atoms. The van der Waals surface area contributed by atoms with E-state index in [-0.39, 0.29) is 29.6 Å². The maximum Gasteiger partial charge on any atom is 0.240 e. The summed E-state index contributed by atoms with van der Waals surface area (Å²) in [5.41, 5.74) is 0.910. The minimum Gasteiger partial charge on any atom is -0.370 e. The van der Waals surface area contributed by atoms with Crippen LogP contribution >= 0.6 is 0 Å². The second-order valence-electron chi connectivity index (χ2n) is 6.80. The average Bonchev–Trinajstić information content (AvgIpc) is 2.95. The van der Waals surface area contributed by atoms with Gasteiger partial charge in [-0.15, -0.1) is 0 Å². The third kappa shape index (κ3) is 5.74. The minimum absolute atomic E-state index is 0.0310. The van der Waals surface area contributed by atoms with E-state index in [4.69, 9.17) is 0 Å². The van der Waals surface area contributed by atoms with Gasteiger partial charge in [0.2, 0.25) is 15.9 Å². The highest BCUT2D eigenvalue weighted by Gasteiger charge is 2.20. The van der Waals surface area contributed by atoms with Gasteiger partial charge in [0.25, 0.3) is 0 Å². The summed E-state index contributed by atoms with van der Waals surface area (Å²) in [6, 6.07) is 10.8. The number of hydrogen-bond acceptors (Lipinski definition) is 4. The Bertz CT molecular complexity index is 934. The number of anilines is 1. The van der Waals surface area contributed by atoms with Crippen LogP contribution in [-0.2, 0) is 14.8 Å². The Kier molecular flexibility index (Phi) is 6.81. The molecule has 0 aliphatic carbocycles. The van der Waals surface area contributed by atoms with Crippen LogP contribution in [0.4, 0.5) is 14.5 Å². The molecule has 0 atom stereocenters. The van der Waals surface area contributed by atoms with Crippen LogP contribution < -0.4 is 9.62 Å². The van der Waals surface area contributed by atoms with E-state index < -0.39 is 15.8 Å². The van der Waals surface area contributed by atoms with Gasteiger partial charge in [-0.3, -0.25) is 4.79 Å². The predicted octanol–water partition coefficient (Wildman–Crippen LogP) is 2.37. The van der Waals surface area contributed by atoms with Gasteiger partial charge in [-0.1, -0.05) is 0 Å². The van der Waals surface area contributed by atoms with Crippen LogP contribution in [-0.4, -0.2) is 51.9 Å². The number of carbonyl (C=O) groups excluding carboxylic acids is 1. The normalized spacial score (nSPS) is 15.2. The van der Waals surface area contributed by atoms with E-state index in [9.17, 15) is 22.0 Å². The van der Waals surface area contributed by atoms with Crippen molar-refractivity contribution in [3.63, 3.8) is 0 Å². The maximum atomic E-state index is 13.1. The maximum absolute atomic E-state index is 13.1. The van der Waals surface area contributed by atoms with E-state index in [1.54, 1.807) is 17.0 Å². The van der Waals surface area contributed by atoms with Crippen molar-refractivity contribution in [2.75, 3.05) is 37.6 Å². The summed E-state index contributed by atoms with van der Waals surface area (Å²) < 4.78 is 52.8. The first-order chi connectivity index (χ1) is 13.8. The predicted molar refractivity (Wildman–Crippen MR) is 106 cm³/mol. The molecule has 6 nitrogen and oxygen atoms in total. The zero-order chi connectivity index (χ0) is 20.9. The minimum atomic E-state index is -3.79. The Labute approximate surface area is 169 Å². The number of carbonyl (C=O) groups is 1. The Morgan fingerprint density at radius 3 is 2.17 bits per heavy atom. The lowest BCUT2D eigenvalue weighted by Crippen LogP contribution is -2.37. The molecule has 1 amide bonds. The SMILES string of the molecule is O=C(CCNS(=O)(=O)c1ccc(F)cc1)N1CCCN(c2ccc(F)cc2)CC1. The molecular formula is C20H23F2N3O3S. The molecule has 1 aliphatic rings. The molecule has 0 aromatic heterocycles. The van der Waals surface area contributed by atoms with Crippen LogP contribution in [0.3, 0.4) is 0 Å². The Morgan fingerprint density at radius 2 is 1.52 bits per heavy atom. The first-order valence-electron chi connectivity index (χ1n) is 9.39. The average molecular weight is 423 g/mol. The molecule has 29 heavy (non-hydrogen) atoms. The van der Waals surface area contributed by atoms with Gasteiger partial charge in [-0.2, -0.15) is 0 Å². The summed E-state index contributed by atoms with van der Waals surface area (Å²) >= 11 is 0. The van der Waals surface area contributed by atoms with Crippen molar-refractivity contribution in [2.24, 2.45) is 0 Å². The van der Waals surface area contributed by atoms with Gasteiger partial charge in [0, 0.05) is 44.8 Å². The van der Waals surface area contributed by atoms with Gasteiger partial charge in [0.05, 0.1) is 4.90 Å². The number of nitrogens with one attached hydrogen (secondary N) is 1. The highest BCUT2D eigenvalue weighted by molar-refractivity contribution is 7.89. The third-order valence-electron chi connectivity index (χ3n) is 4.80. The van der Waals surface area contributed by atoms with E-state index in [0.29, 0.717) is 19.6 Å². The number of benzene rings is 2. The lowest BCUT2D eigenvalue weighted by atomic mass is 10.2. The van der Waals surface area contributed by atoms with Crippen molar-refractivity contribution in [1.29, 1.82) is 0 Å². The van der Waals surface area contributed by atoms with Crippen molar-refractivity contribution in [3.05, 3.63) is 60.2 Å². The summed E-state index contributed by atoms with van der Waals surface area (Å²) in [6.07, 6.45) is 0.807. The Hall–Kier alpha value is -2.52. The van der Waals surface area contributed by atoms with Crippen molar-refractivity contribution in [2.45, 2.75) is 17.7 Å². The molecule has 0 radical (unpaired) electrons. The molecule has 0 spiro atoms. The number of amides is 1. The van der Waals surface area contributed by atoms with Gasteiger partial charge in [0.1, 0.15) is 11.6 Å². The zero-order valence-electron chi connectivity index (χ0n) is 15.9. The van der Waals surface area contributed by atoms with Crippen LogP contribution in [0.1, 0.15) is 12.8 Å². The van der Waals surface area contributed by atoms with Crippen LogP contribution in [0.15, 0.2) is 53.4 Å². The van der Waals surface area contributed by atoms with E-state index >= 15 is 0 Å². The van der Waals surface area contributed by atoms with E-state index in [1.807, 2.05) is 0 Å². The molecule has 156 valence electrons. The number of hydrogen-bond donors (Lipinski definition) is 1. The summed E-state index contributed by atoms with van der Waals surface area (Å²) in [5, 5.41) is 0. The monoisotopic (exact) mass is 423 g/mol. The van der Waals surface area contributed by atoms with Crippen LogP contribution in [0.5, 0.6) is 0 Å². The van der Waals surface area contributed by atoms with E-state index in [0.717, 1.165) is 30.8 Å². The van der Waals surface area contributed by atoms with Gasteiger partial charge in [-0.05, 0) is 55.0 Å². The number of sulfonamides is 1. The molecule has 1 heterocycles. The van der Waals surface area contributed by atoms with Crippen molar-refractivity contribution < 1.29 is 22.0 Å². The first-order valence-corrected chi connectivity index (χ1v) is 10.9. The Morgan fingerprint density at radius 1 is 0.897 bits per heavy atom. The van der Waals surface area contributed by atoms with Crippen molar-refractivity contribution >= 4 is 21.6 Å². The largest absolute Gasteiger partial charge is 0.370 e. The highest BCUT2D eigenvalue weighted by Crippen LogP contribution is 2.17. The van der Waals surface area contributed by atoms with Crippen LogP contribution in [0, 0.1) is 11.6 Å². The molecule has 0 unspecified atom stereocenters. The summed E-state index contributed by atoms with van der Waals surface area (Å²) in [6.45, 7) is 2.45. The molecule has 3 rings (SSSR count). The fourth-order valence-corrected chi connectivity index (χ4v) is 4.26. The lowest BCUT2D eigenvalue weighted by molar-refractivity contribution is -0.130. The number of nitrogens with zero attached hydrogens (tertiary/aromatic N) is 2. The molecule has 2 aromatic carbocycles. The molecular weight excluding hydrogens is 400 g/mol. The summed E-state index contributed by atoms with van der Waals surface area (Å²) in [4.78, 5) is 16.3. The molecule has 1 fully saturated rings. The molecule has 1 saturated heterocycles. The molecule has 9 heteroatoms. The standard InChI is InChI=1S/C20H23F2N3O3S/c21-16-2-6-18(7-3-16)24-12-1-13-25(15-14-24)20(26)10-11-23-29(27,28)19-8-4-17(22)5-9-19/h2-9,23H,1,10-15H2. The topological polar surface area (TPSA) is 69.7 Å². The summed E-state index contributed by atoms with van der Waals surface area (Å²) in [7, 11) is -3.79.